The number of aromatic nitrogens is 3. The Kier molecular flexibility index (Phi) is 2.68. The summed E-state index contributed by atoms with van der Waals surface area (Å²) in [6, 6.07) is 9.29. The van der Waals surface area contributed by atoms with Gasteiger partial charge in [-0.3, -0.25) is 9.89 Å². The molecule has 0 fully saturated rings. The second kappa shape index (κ2) is 4.24. The van der Waals surface area contributed by atoms with E-state index < -0.39 is 0 Å². The van der Waals surface area contributed by atoms with Crippen molar-refractivity contribution in [3.63, 3.8) is 0 Å². The molecule has 0 aliphatic carbocycles. The fourth-order valence-electron chi connectivity index (χ4n) is 2.00. The van der Waals surface area contributed by atoms with E-state index in [1.54, 1.807) is 6.92 Å². The minimum atomic E-state index is -0.0669. The fourth-order valence-corrected chi connectivity index (χ4v) is 2.12. The lowest BCUT2D eigenvalue weighted by Gasteiger charge is -1.99. The van der Waals surface area contributed by atoms with E-state index in [4.69, 9.17) is 11.6 Å². The summed E-state index contributed by atoms with van der Waals surface area (Å²) < 4.78 is 1.46. The van der Waals surface area contributed by atoms with E-state index in [2.05, 4.69) is 10.1 Å². The van der Waals surface area contributed by atoms with Gasteiger partial charge in [0, 0.05) is 22.3 Å². The van der Waals surface area contributed by atoms with Crippen molar-refractivity contribution in [3.8, 4) is 11.3 Å². The Morgan fingerprint density at radius 1 is 1.21 bits per heavy atom. The van der Waals surface area contributed by atoms with Crippen LogP contribution in [0.3, 0.4) is 0 Å². The summed E-state index contributed by atoms with van der Waals surface area (Å²) >= 11 is 5.87. The molecular formula is C14H12ClN3O. The number of nitrogens with one attached hydrogen (secondary N) is 1. The molecule has 0 saturated carbocycles. The number of rotatable bonds is 1. The van der Waals surface area contributed by atoms with Gasteiger partial charge in [0.15, 0.2) is 5.65 Å². The van der Waals surface area contributed by atoms with E-state index in [0.29, 0.717) is 16.2 Å². The number of aromatic amines is 1. The van der Waals surface area contributed by atoms with Gasteiger partial charge in [-0.05, 0) is 31.5 Å². The molecule has 0 saturated heterocycles. The molecular weight excluding hydrogens is 262 g/mol. The van der Waals surface area contributed by atoms with E-state index >= 15 is 0 Å². The molecule has 3 rings (SSSR count). The summed E-state index contributed by atoms with van der Waals surface area (Å²) in [6.45, 7) is 3.62. The molecule has 2 heterocycles. The first-order chi connectivity index (χ1) is 9.06. The highest BCUT2D eigenvalue weighted by molar-refractivity contribution is 6.30. The summed E-state index contributed by atoms with van der Waals surface area (Å²) in [6.07, 6.45) is 0. The van der Waals surface area contributed by atoms with Crippen molar-refractivity contribution >= 4 is 17.2 Å². The van der Waals surface area contributed by atoms with Crippen LogP contribution in [0.2, 0.25) is 5.02 Å². The largest absolute Gasteiger partial charge is 0.289 e. The van der Waals surface area contributed by atoms with Gasteiger partial charge in [-0.25, -0.2) is 9.50 Å². The molecule has 0 unspecified atom stereocenters. The standard InChI is InChI=1S/C14H12ClN3O/c1-8-9(2)16-13-7-12(17-18(13)14(8)19)10-3-5-11(15)6-4-10/h3-7,17H,1-2H3. The van der Waals surface area contributed by atoms with Crippen molar-refractivity contribution in [1.29, 1.82) is 0 Å². The summed E-state index contributed by atoms with van der Waals surface area (Å²) in [4.78, 5) is 16.5. The van der Waals surface area contributed by atoms with Crippen molar-refractivity contribution in [2.24, 2.45) is 0 Å². The first kappa shape index (κ1) is 12.0. The van der Waals surface area contributed by atoms with Gasteiger partial charge in [0.1, 0.15) is 0 Å². The molecule has 1 N–H and O–H groups in total. The van der Waals surface area contributed by atoms with Crippen LogP contribution in [0.5, 0.6) is 0 Å². The average molecular weight is 274 g/mol. The molecule has 0 atom stereocenters. The summed E-state index contributed by atoms with van der Waals surface area (Å²) in [5, 5.41) is 3.75. The van der Waals surface area contributed by atoms with Crippen molar-refractivity contribution in [3.05, 3.63) is 57.0 Å². The predicted octanol–water partition coefficient (Wildman–Crippen LogP) is 2.96. The minimum Gasteiger partial charge on any atom is -0.289 e. The second-order valence-corrected chi connectivity index (χ2v) is 4.93. The molecule has 96 valence electrons. The van der Waals surface area contributed by atoms with E-state index in [1.807, 2.05) is 37.3 Å². The number of H-pyrrole nitrogens is 1. The lowest BCUT2D eigenvalue weighted by atomic mass is 10.1. The maximum atomic E-state index is 12.1. The van der Waals surface area contributed by atoms with Crippen LogP contribution >= 0.6 is 11.6 Å². The number of aryl methyl sites for hydroxylation is 1. The highest BCUT2D eigenvalue weighted by Crippen LogP contribution is 2.20. The predicted molar refractivity (Wildman–Crippen MR) is 75.7 cm³/mol. The maximum absolute atomic E-state index is 12.1. The zero-order valence-electron chi connectivity index (χ0n) is 10.6. The first-order valence-electron chi connectivity index (χ1n) is 5.91. The monoisotopic (exact) mass is 273 g/mol. The Labute approximate surface area is 114 Å². The van der Waals surface area contributed by atoms with Crippen LogP contribution in [0.15, 0.2) is 35.1 Å². The van der Waals surface area contributed by atoms with Crippen LogP contribution in [-0.2, 0) is 0 Å². The van der Waals surface area contributed by atoms with Gasteiger partial charge in [0.25, 0.3) is 5.56 Å². The third-order valence-corrected chi connectivity index (χ3v) is 3.49. The van der Waals surface area contributed by atoms with Crippen LogP contribution in [0.25, 0.3) is 16.9 Å². The summed E-state index contributed by atoms with van der Waals surface area (Å²) in [5.41, 5.74) is 3.77. The van der Waals surface area contributed by atoms with Crippen LogP contribution in [0.4, 0.5) is 0 Å². The number of benzene rings is 1. The molecule has 2 aromatic heterocycles. The normalized spacial score (nSPS) is 11.1. The van der Waals surface area contributed by atoms with Crippen LogP contribution in [-0.4, -0.2) is 14.6 Å². The van der Waals surface area contributed by atoms with Crippen LogP contribution in [0.1, 0.15) is 11.3 Å². The smallest absolute Gasteiger partial charge is 0.275 e. The Hall–Kier alpha value is -2.07. The van der Waals surface area contributed by atoms with Gasteiger partial charge >= 0.3 is 0 Å². The van der Waals surface area contributed by atoms with Crippen molar-refractivity contribution in [2.45, 2.75) is 13.8 Å². The number of fused-ring (bicyclic) bond motifs is 1. The Morgan fingerprint density at radius 2 is 1.89 bits per heavy atom. The van der Waals surface area contributed by atoms with Crippen molar-refractivity contribution < 1.29 is 0 Å². The Bertz CT molecular complexity index is 815. The fraction of sp³-hybridized carbons (Fsp3) is 0.143. The van der Waals surface area contributed by atoms with Crippen LogP contribution in [0, 0.1) is 13.8 Å². The highest BCUT2D eigenvalue weighted by Gasteiger charge is 2.09. The van der Waals surface area contributed by atoms with E-state index in [9.17, 15) is 4.79 Å². The van der Waals surface area contributed by atoms with Crippen molar-refractivity contribution in [1.82, 2.24) is 14.6 Å². The van der Waals surface area contributed by atoms with Gasteiger partial charge in [0.05, 0.1) is 5.69 Å². The molecule has 3 aromatic rings. The summed E-state index contributed by atoms with van der Waals surface area (Å²) in [7, 11) is 0. The Balaban J connectivity index is 2.25. The SMILES string of the molecule is Cc1nc2cc(-c3ccc(Cl)cc3)[nH]n2c(=O)c1C. The van der Waals surface area contributed by atoms with Gasteiger partial charge in [-0.1, -0.05) is 23.7 Å². The number of halogens is 1. The number of nitrogens with zero attached hydrogens (tertiary/aromatic N) is 2. The number of hydrogen-bond donors (Lipinski definition) is 1. The average Bonchev–Trinajstić information content (AvgIpc) is 2.81. The van der Waals surface area contributed by atoms with E-state index in [-0.39, 0.29) is 5.56 Å². The zero-order chi connectivity index (χ0) is 13.6. The number of hydrogen-bond acceptors (Lipinski definition) is 2. The lowest BCUT2D eigenvalue weighted by molar-refractivity contribution is 0.876. The molecule has 4 nitrogen and oxygen atoms in total. The van der Waals surface area contributed by atoms with E-state index in [1.165, 1.54) is 4.52 Å². The quantitative estimate of drug-likeness (QED) is 0.741. The molecule has 0 amide bonds. The van der Waals surface area contributed by atoms with Gasteiger partial charge in [-0.2, -0.15) is 0 Å². The lowest BCUT2D eigenvalue weighted by Crippen LogP contribution is -2.19. The third kappa shape index (κ3) is 1.94. The topological polar surface area (TPSA) is 50.2 Å². The maximum Gasteiger partial charge on any atom is 0.275 e. The summed E-state index contributed by atoms with van der Waals surface area (Å²) in [5.74, 6) is 0. The first-order valence-corrected chi connectivity index (χ1v) is 6.29. The Morgan fingerprint density at radius 3 is 2.58 bits per heavy atom. The molecule has 5 heteroatoms. The molecule has 0 radical (unpaired) electrons. The molecule has 0 bridgehead atoms. The molecule has 19 heavy (non-hydrogen) atoms. The second-order valence-electron chi connectivity index (χ2n) is 4.50. The molecule has 0 spiro atoms. The van der Waals surface area contributed by atoms with Gasteiger partial charge < -0.3 is 0 Å². The molecule has 0 aliphatic heterocycles. The highest BCUT2D eigenvalue weighted by atomic mass is 35.5. The zero-order valence-corrected chi connectivity index (χ0v) is 11.3. The van der Waals surface area contributed by atoms with Crippen molar-refractivity contribution in [2.75, 3.05) is 0 Å². The van der Waals surface area contributed by atoms with Crippen LogP contribution < -0.4 is 5.56 Å². The van der Waals surface area contributed by atoms with Gasteiger partial charge in [0.2, 0.25) is 0 Å². The molecule has 1 aromatic carbocycles. The van der Waals surface area contributed by atoms with Gasteiger partial charge in [-0.15, -0.1) is 0 Å². The minimum absolute atomic E-state index is 0.0669. The van der Waals surface area contributed by atoms with E-state index in [0.717, 1.165) is 17.0 Å². The third-order valence-electron chi connectivity index (χ3n) is 3.24. The molecule has 0 aliphatic rings.